The molecule has 0 radical (unpaired) electrons. The fraction of sp³-hybridized carbons (Fsp3) is 0. The number of aromatic nitrogens is 4. The van der Waals surface area contributed by atoms with Crippen molar-refractivity contribution in [2.75, 3.05) is 0 Å². The molecule has 6 heteroatoms. The molecule has 2 rings (SSSR count). The molecule has 6 nitrogen and oxygen atoms in total. The molecule has 0 aliphatic rings. The zero-order valence-corrected chi connectivity index (χ0v) is 7.66. The fourth-order valence-corrected chi connectivity index (χ4v) is 1.02. The third-order valence-corrected chi connectivity index (χ3v) is 1.76. The molecule has 1 amide bonds. The van der Waals surface area contributed by atoms with Crippen LogP contribution in [0.15, 0.2) is 31.1 Å². The topological polar surface area (TPSA) is 94.7 Å². The van der Waals surface area contributed by atoms with Crippen LogP contribution in [0.5, 0.6) is 0 Å². The van der Waals surface area contributed by atoms with Gasteiger partial charge < -0.3 is 5.73 Å². The summed E-state index contributed by atoms with van der Waals surface area (Å²) in [7, 11) is 0. The van der Waals surface area contributed by atoms with Gasteiger partial charge in [0.2, 0.25) is 0 Å². The number of nitrogens with two attached hydrogens (primary N) is 1. The highest BCUT2D eigenvalue weighted by atomic mass is 16.1. The minimum Gasteiger partial charge on any atom is -0.366 e. The van der Waals surface area contributed by atoms with E-state index in [1.165, 1.54) is 18.7 Å². The van der Waals surface area contributed by atoms with Gasteiger partial charge in [-0.05, 0) is 0 Å². The molecule has 2 N–H and O–H groups in total. The predicted molar refractivity (Wildman–Crippen MR) is 51.6 cm³/mol. The molecular formula is C9H7N5O. The van der Waals surface area contributed by atoms with Crippen molar-refractivity contribution in [3.63, 3.8) is 0 Å². The number of amides is 1. The SMILES string of the molecule is NC(=O)c1cnc(-c2cncnc2)nc1. The van der Waals surface area contributed by atoms with E-state index in [1.54, 1.807) is 12.4 Å². The molecule has 0 atom stereocenters. The van der Waals surface area contributed by atoms with Gasteiger partial charge in [-0.25, -0.2) is 19.9 Å². The van der Waals surface area contributed by atoms with E-state index in [0.717, 1.165) is 0 Å². The average Bonchev–Trinajstić information content (AvgIpc) is 2.30. The number of hydrogen-bond acceptors (Lipinski definition) is 5. The van der Waals surface area contributed by atoms with Crippen LogP contribution in [0.3, 0.4) is 0 Å². The Morgan fingerprint density at radius 3 is 2.20 bits per heavy atom. The quantitative estimate of drug-likeness (QED) is 0.739. The molecule has 0 spiro atoms. The highest BCUT2D eigenvalue weighted by Gasteiger charge is 2.04. The van der Waals surface area contributed by atoms with Gasteiger partial charge in [0.1, 0.15) is 6.33 Å². The van der Waals surface area contributed by atoms with Crippen molar-refractivity contribution in [1.82, 2.24) is 19.9 Å². The van der Waals surface area contributed by atoms with Gasteiger partial charge in [-0.3, -0.25) is 4.79 Å². The van der Waals surface area contributed by atoms with Crippen LogP contribution in [-0.2, 0) is 0 Å². The maximum atomic E-state index is 10.8. The van der Waals surface area contributed by atoms with Crippen LogP contribution in [-0.4, -0.2) is 25.8 Å². The van der Waals surface area contributed by atoms with E-state index >= 15 is 0 Å². The van der Waals surface area contributed by atoms with Gasteiger partial charge >= 0.3 is 0 Å². The third kappa shape index (κ3) is 1.93. The Morgan fingerprint density at radius 2 is 1.67 bits per heavy atom. The van der Waals surface area contributed by atoms with Crippen molar-refractivity contribution in [3.8, 4) is 11.4 Å². The van der Waals surface area contributed by atoms with Gasteiger partial charge in [-0.15, -0.1) is 0 Å². The number of primary amides is 1. The first-order valence-corrected chi connectivity index (χ1v) is 4.14. The molecule has 0 bridgehead atoms. The van der Waals surface area contributed by atoms with Crippen LogP contribution in [0.25, 0.3) is 11.4 Å². The lowest BCUT2D eigenvalue weighted by Gasteiger charge is -1.98. The summed E-state index contributed by atoms with van der Waals surface area (Å²) in [5, 5.41) is 0. The van der Waals surface area contributed by atoms with Crippen molar-refractivity contribution in [2.45, 2.75) is 0 Å². The van der Waals surface area contributed by atoms with E-state index < -0.39 is 5.91 Å². The Morgan fingerprint density at radius 1 is 1.07 bits per heavy atom. The highest BCUT2D eigenvalue weighted by molar-refractivity contribution is 5.92. The largest absolute Gasteiger partial charge is 0.366 e. The fourth-order valence-electron chi connectivity index (χ4n) is 1.02. The Labute approximate surface area is 85.2 Å². The van der Waals surface area contributed by atoms with E-state index in [-0.39, 0.29) is 5.56 Å². The second-order valence-electron chi connectivity index (χ2n) is 2.79. The normalized spacial score (nSPS) is 9.87. The van der Waals surface area contributed by atoms with Crippen LogP contribution in [0.2, 0.25) is 0 Å². The van der Waals surface area contributed by atoms with Crippen molar-refractivity contribution >= 4 is 5.91 Å². The van der Waals surface area contributed by atoms with Gasteiger partial charge in [0.05, 0.1) is 11.1 Å². The number of carbonyl (C=O) groups excluding carboxylic acids is 1. The summed E-state index contributed by atoms with van der Waals surface area (Å²) >= 11 is 0. The lowest BCUT2D eigenvalue weighted by Crippen LogP contribution is -2.11. The van der Waals surface area contributed by atoms with Gasteiger partial charge in [0.25, 0.3) is 5.91 Å². The molecule has 0 aliphatic heterocycles. The lowest BCUT2D eigenvalue weighted by molar-refractivity contribution is 0.0999. The molecule has 0 aromatic carbocycles. The molecule has 2 aromatic heterocycles. The molecule has 0 fully saturated rings. The number of rotatable bonds is 2. The van der Waals surface area contributed by atoms with Crippen LogP contribution >= 0.6 is 0 Å². The van der Waals surface area contributed by atoms with E-state index in [0.29, 0.717) is 11.4 Å². The molecule has 74 valence electrons. The maximum Gasteiger partial charge on any atom is 0.251 e. The van der Waals surface area contributed by atoms with Crippen molar-refractivity contribution < 1.29 is 4.79 Å². The summed E-state index contributed by atoms with van der Waals surface area (Å²) in [5.74, 6) is -0.0912. The minimum absolute atomic E-state index is 0.274. The van der Waals surface area contributed by atoms with Gasteiger partial charge in [-0.2, -0.15) is 0 Å². The smallest absolute Gasteiger partial charge is 0.251 e. The van der Waals surface area contributed by atoms with E-state index in [2.05, 4.69) is 19.9 Å². The molecule has 0 aliphatic carbocycles. The van der Waals surface area contributed by atoms with Crippen LogP contribution in [0.4, 0.5) is 0 Å². The molecular weight excluding hydrogens is 194 g/mol. The van der Waals surface area contributed by atoms with E-state index in [1.807, 2.05) is 0 Å². The third-order valence-electron chi connectivity index (χ3n) is 1.76. The summed E-state index contributed by atoms with van der Waals surface area (Å²) < 4.78 is 0. The molecule has 0 saturated carbocycles. The Balaban J connectivity index is 2.36. The second-order valence-corrected chi connectivity index (χ2v) is 2.79. The molecule has 0 saturated heterocycles. The first-order chi connectivity index (χ1) is 7.27. The minimum atomic E-state index is -0.550. The standard InChI is InChI=1S/C9H7N5O/c10-8(15)6-3-13-9(14-4-6)7-1-11-5-12-2-7/h1-5H,(H2,10,15). The van der Waals surface area contributed by atoms with Crippen molar-refractivity contribution in [3.05, 3.63) is 36.7 Å². The van der Waals surface area contributed by atoms with Gasteiger partial charge in [0.15, 0.2) is 5.82 Å². The van der Waals surface area contributed by atoms with Crippen LogP contribution in [0.1, 0.15) is 10.4 Å². The molecule has 15 heavy (non-hydrogen) atoms. The summed E-state index contributed by atoms with van der Waals surface area (Å²) in [5.41, 5.74) is 6.02. The van der Waals surface area contributed by atoms with Crippen LogP contribution < -0.4 is 5.73 Å². The zero-order chi connectivity index (χ0) is 10.7. The molecule has 2 aromatic rings. The molecule has 0 unspecified atom stereocenters. The first-order valence-electron chi connectivity index (χ1n) is 4.14. The number of hydrogen-bond donors (Lipinski definition) is 1. The lowest BCUT2D eigenvalue weighted by atomic mass is 10.3. The molecule has 2 heterocycles. The Bertz CT molecular complexity index is 468. The number of nitrogens with zero attached hydrogens (tertiary/aromatic N) is 4. The summed E-state index contributed by atoms with van der Waals surface area (Å²) in [6.45, 7) is 0. The summed E-state index contributed by atoms with van der Waals surface area (Å²) in [4.78, 5) is 26.4. The monoisotopic (exact) mass is 201 g/mol. The Kier molecular flexibility index (Phi) is 2.32. The van der Waals surface area contributed by atoms with Crippen molar-refractivity contribution in [2.24, 2.45) is 5.73 Å². The Hall–Kier alpha value is -2.37. The number of carbonyl (C=O) groups is 1. The highest BCUT2D eigenvalue weighted by Crippen LogP contribution is 2.10. The summed E-state index contributed by atoms with van der Waals surface area (Å²) in [6.07, 6.45) is 7.34. The van der Waals surface area contributed by atoms with E-state index in [9.17, 15) is 4.79 Å². The van der Waals surface area contributed by atoms with Gasteiger partial charge in [0, 0.05) is 24.8 Å². The first kappa shape index (κ1) is 9.20. The van der Waals surface area contributed by atoms with Crippen LogP contribution in [0, 0.1) is 0 Å². The maximum absolute atomic E-state index is 10.8. The second kappa shape index (κ2) is 3.79. The van der Waals surface area contributed by atoms with Crippen molar-refractivity contribution in [1.29, 1.82) is 0 Å². The summed E-state index contributed by atoms with van der Waals surface area (Å²) in [6, 6.07) is 0. The predicted octanol–water partition coefficient (Wildman–Crippen LogP) is 0.0325. The van der Waals surface area contributed by atoms with E-state index in [4.69, 9.17) is 5.73 Å². The van der Waals surface area contributed by atoms with Gasteiger partial charge in [-0.1, -0.05) is 0 Å². The zero-order valence-electron chi connectivity index (χ0n) is 7.66. The average molecular weight is 201 g/mol.